The molecular weight excluding hydrogens is 269 g/mol. The predicted molar refractivity (Wildman–Crippen MR) is 55.5 cm³/mol. The molecule has 0 saturated carbocycles. The highest BCUT2D eigenvalue weighted by atomic mass is 19.4. The van der Waals surface area contributed by atoms with Gasteiger partial charge in [0.1, 0.15) is 0 Å². The highest BCUT2D eigenvalue weighted by Gasteiger charge is 2.42. The third-order valence-electron chi connectivity index (χ3n) is 2.78. The topological polar surface area (TPSA) is 89.7 Å². The van der Waals surface area contributed by atoms with Crippen molar-refractivity contribution in [3.8, 4) is 0 Å². The molecule has 19 heavy (non-hydrogen) atoms. The number of carbonyl (C=O) groups is 3. The average Bonchev–Trinajstić information content (AvgIpc) is 2.28. The summed E-state index contributed by atoms with van der Waals surface area (Å²) in [6.45, 7) is 0.249. The van der Waals surface area contributed by atoms with Gasteiger partial charge in [-0.15, -0.1) is 0 Å². The first-order valence-corrected chi connectivity index (χ1v) is 5.53. The lowest BCUT2D eigenvalue weighted by Gasteiger charge is -2.29. The van der Waals surface area contributed by atoms with Gasteiger partial charge in [-0.2, -0.15) is 13.2 Å². The summed E-state index contributed by atoms with van der Waals surface area (Å²) in [6.07, 6.45) is -4.33. The molecule has 0 radical (unpaired) electrons. The standard InChI is InChI=1S/C10H13F3N2O4/c11-10(12,13)9(18)19-7(16)5-15-3-1-6(2-4-15)8(14)17/h6H,1-5H2,(H2,14,17). The highest BCUT2D eigenvalue weighted by Crippen LogP contribution is 2.18. The number of ether oxygens (including phenoxy) is 1. The molecule has 9 heteroatoms. The first-order chi connectivity index (χ1) is 8.70. The number of amides is 1. The van der Waals surface area contributed by atoms with Gasteiger partial charge in [-0.3, -0.25) is 14.5 Å². The van der Waals surface area contributed by atoms with Crippen molar-refractivity contribution in [2.75, 3.05) is 19.6 Å². The Morgan fingerprint density at radius 3 is 2.16 bits per heavy atom. The van der Waals surface area contributed by atoms with Crippen LogP contribution in [0.3, 0.4) is 0 Å². The fourth-order valence-corrected chi connectivity index (χ4v) is 1.75. The molecule has 0 aliphatic carbocycles. The number of likely N-dealkylation sites (tertiary alicyclic amines) is 1. The van der Waals surface area contributed by atoms with Crippen LogP contribution < -0.4 is 5.73 Å². The fraction of sp³-hybridized carbons (Fsp3) is 0.700. The zero-order chi connectivity index (χ0) is 14.6. The number of nitrogens with two attached hydrogens (primary N) is 1. The van der Waals surface area contributed by atoms with Crippen molar-refractivity contribution in [3.63, 3.8) is 0 Å². The van der Waals surface area contributed by atoms with E-state index in [0.29, 0.717) is 25.9 Å². The van der Waals surface area contributed by atoms with Crippen molar-refractivity contribution in [1.82, 2.24) is 4.90 Å². The van der Waals surface area contributed by atoms with Crippen molar-refractivity contribution in [2.24, 2.45) is 11.7 Å². The second kappa shape index (κ2) is 6.00. The minimum Gasteiger partial charge on any atom is -0.385 e. The van der Waals surface area contributed by atoms with Crippen molar-refractivity contribution >= 4 is 17.8 Å². The van der Waals surface area contributed by atoms with Crippen LogP contribution in [0, 0.1) is 5.92 Å². The molecule has 108 valence electrons. The maximum atomic E-state index is 11.8. The van der Waals surface area contributed by atoms with Crippen LogP contribution >= 0.6 is 0 Å². The van der Waals surface area contributed by atoms with Crippen LogP contribution in [0.5, 0.6) is 0 Å². The van der Waals surface area contributed by atoms with E-state index in [9.17, 15) is 27.6 Å². The molecule has 0 aromatic heterocycles. The van der Waals surface area contributed by atoms with E-state index in [0.717, 1.165) is 0 Å². The number of alkyl halides is 3. The van der Waals surface area contributed by atoms with Gasteiger partial charge in [0.05, 0.1) is 6.54 Å². The Morgan fingerprint density at radius 1 is 1.21 bits per heavy atom. The van der Waals surface area contributed by atoms with Gasteiger partial charge in [0, 0.05) is 5.92 Å². The largest absolute Gasteiger partial charge is 0.491 e. The normalized spacial score (nSPS) is 18.1. The molecule has 0 aromatic rings. The maximum Gasteiger partial charge on any atom is 0.491 e. The Labute approximate surface area is 106 Å². The molecule has 0 spiro atoms. The van der Waals surface area contributed by atoms with E-state index < -0.39 is 30.6 Å². The highest BCUT2D eigenvalue weighted by molar-refractivity contribution is 5.89. The summed E-state index contributed by atoms with van der Waals surface area (Å²) in [6, 6.07) is 0. The fourth-order valence-electron chi connectivity index (χ4n) is 1.75. The smallest absolute Gasteiger partial charge is 0.385 e. The molecule has 0 unspecified atom stereocenters. The monoisotopic (exact) mass is 282 g/mol. The number of hydrogen-bond acceptors (Lipinski definition) is 5. The predicted octanol–water partition coefficient (Wildman–Crippen LogP) is -0.184. The summed E-state index contributed by atoms with van der Waals surface area (Å²) in [5, 5.41) is 0. The summed E-state index contributed by atoms with van der Waals surface area (Å²) < 4.78 is 39.2. The number of piperidine rings is 1. The van der Waals surface area contributed by atoms with Gasteiger partial charge in [-0.25, -0.2) is 4.79 Å². The molecule has 1 rings (SSSR count). The van der Waals surface area contributed by atoms with E-state index in [1.54, 1.807) is 0 Å². The van der Waals surface area contributed by atoms with E-state index in [1.165, 1.54) is 4.90 Å². The lowest BCUT2D eigenvalue weighted by atomic mass is 9.96. The molecule has 1 saturated heterocycles. The molecule has 1 heterocycles. The van der Waals surface area contributed by atoms with Gasteiger partial charge in [0.25, 0.3) is 0 Å². The molecule has 6 nitrogen and oxygen atoms in total. The number of primary amides is 1. The Hall–Kier alpha value is -1.64. The van der Waals surface area contributed by atoms with Crippen LogP contribution in [0.15, 0.2) is 0 Å². The van der Waals surface area contributed by atoms with Crippen LogP contribution in [0.4, 0.5) is 13.2 Å². The van der Waals surface area contributed by atoms with Gasteiger partial charge < -0.3 is 10.5 Å². The van der Waals surface area contributed by atoms with Gasteiger partial charge >= 0.3 is 18.1 Å². The molecule has 0 aromatic carbocycles. The van der Waals surface area contributed by atoms with E-state index >= 15 is 0 Å². The second-order valence-electron chi connectivity index (χ2n) is 4.21. The molecule has 1 fully saturated rings. The molecular formula is C10H13F3N2O4. The van der Waals surface area contributed by atoms with E-state index in [2.05, 4.69) is 4.74 Å². The van der Waals surface area contributed by atoms with Crippen LogP contribution in [0.1, 0.15) is 12.8 Å². The number of halogens is 3. The summed E-state index contributed by atoms with van der Waals surface area (Å²) >= 11 is 0. The zero-order valence-corrected chi connectivity index (χ0v) is 9.90. The number of carbonyl (C=O) groups excluding carboxylic acids is 3. The molecule has 1 aliphatic rings. The van der Waals surface area contributed by atoms with E-state index in [-0.39, 0.29) is 5.92 Å². The molecule has 0 bridgehead atoms. The second-order valence-corrected chi connectivity index (χ2v) is 4.21. The Kier molecular flexibility index (Phi) is 4.87. The Morgan fingerprint density at radius 2 is 1.74 bits per heavy atom. The summed E-state index contributed by atoms with van der Waals surface area (Å²) in [5.41, 5.74) is 5.11. The lowest BCUT2D eigenvalue weighted by Crippen LogP contribution is -2.42. The Bertz CT molecular complexity index is 375. The van der Waals surface area contributed by atoms with Crippen molar-refractivity contribution in [2.45, 2.75) is 19.0 Å². The molecule has 2 N–H and O–H groups in total. The number of nitrogens with zero attached hydrogens (tertiary/aromatic N) is 1. The van der Waals surface area contributed by atoms with Crippen molar-refractivity contribution in [1.29, 1.82) is 0 Å². The van der Waals surface area contributed by atoms with Gasteiger partial charge in [-0.1, -0.05) is 0 Å². The van der Waals surface area contributed by atoms with E-state index in [1.807, 2.05) is 0 Å². The van der Waals surface area contributed by atoms with Gasteiger partial charge in [0.2, 0.25) is 5.91 Å². The average molecular weight is 282 g/mol. The van der Waals surface area contributed by atoms with Crippen LogP contribution in [0.2, 0.25) is 0 Å². The number of hydrogen-bond donors (Lipinski definition) is 1. The summed E-state index contributed by atoms with van der Waals surface area (Å²) in [4.78, 5) is 33.9. The maximum absolute atomic E-state index is 11.8. The third-order valence-corrected chi connectivity index (χ3v) is 2.78. The molecule has 0 atom stereocenters. The third kappa shape index (κ3) is 4.86. The van der Waals surface area contributed by atoms with Crippen molar-refractivity contribution in [3.05, 3.63) is 0 Å². The molecule has 1 aliphatic heterocycles. The first-order valence-electron chi connectivity index (χ1n) is 5.53. The van der Waals surface area contributed by atoms with Gasteiger partial charge in [0.15, 0.2) is 0 Å². The first kappa shape index (κ1) is 15.4. The minimum absolute atomic E-state index is 0.288. The van der Waals surface area contributed by atoms with Gasteiger partial charge in [-0.05, 0) is 25.9 Å². The lowest BCUT2D eigenvalue weighted by molar-refractivity contribution is -0.202. The summed E-state index contributed by atoms with van der Waals surface area (Å²) in [7, 11) is 0. The van der Waals surface area contributed by atoms with Crippen LogP contribution in [0.25, 0.3) is 0 Å². The quantitative estimate of drug-likeness (QED) is 0.572. The van der Waals surface area contributed by atoms with Crippen LogP contribution in [-0.2, 0) is 19.1 Å². The Balaban J connectivity index is 2.35. The summed E-state index contributed by atoms with van der Waals surface area (Å²) in [5.74, 6) is -4.51. The number of rotatable bonds is 3. The van der Waals surface area contributed by atoms with Crippen molar-refractivity contribution < 1.29 is 32.3 Å². The molecule has 1 amide bonds. The zero-order valence-electron chi connectivity index (χ0n) is 9.90. The minimum atomic E-state index is -5.19. The number of esters is 2. The van der Waals surface area contributed by atoms with E-state index in [4.69, 9.17) is 5.73 Å². The SMILES string of the molecule is NC(=O)C1CCN(CC(=O)OC(=O)C(F)(F)F)CC1. The van der Waals surface area contributed by atoms with Crippen LogP contribution in [-0.4, -0.2) is 48.6 Å².